The van der Waals surface area contributed by atoms with Crippen LogP contribution in [0.25, 0.3) is 6.08 Å². The zero-order chi connectivity index (χ0) is 15.4. The SMILES string of the molecule is CC1CN(C(=O)c2ncccc2/C=C/C(=O)O)C(C)CO1. The highest BCUT2D eigenvalue weighted by Crippen LogP contribution is 2.17. The lowest BCUT2D eigenvalue weighted by Gasteiger charge is -2.36. The van der Waals surface area contributed by atoms with Crippen LogP contribution in [0.15, 0.2) is 24.4 Å². The van der Waals surface area contributed by atoms with Crippen molar-refractivity contribution in [3.63, 3.8) is 0 Å². The molecule has 0 saturated carbocycles. The number of aromatic nitrogens is 1. The number of carboxylic acid groups (broad SMARTS) is 1. The topological polar surface area (TPSA) is 79.7 Å². The molecule has 1 aromatic rings. The van der Waals surface area contributed by atoms with E-state index < -0.39 is 5.97 Å². The van der Waals surface area contributed by atoms with Gasteiger partial charge in [0.2, 0.25) is 0 Å². The highest BCUT2D eigenvalue weighted by atomic mass is 16.5. The first-order valence-corrected chi connectivity index (χ1v) is 6.77. The quantitative estimate of drug-likeness (QED) is 0.852. The molecular weight excluding hydrogens is 272 g/mol. The Morgan fingerprint density at radius 3 is 2.95 bits per heavy atom. The second-order valence-electron chi connectivity index (χ2n) is 5.06. The summed E-state index contributed by atoms with van der Waals surface area (Å²) in [6.07, 6.45) is 3.89. The van der Waals surface area contributed by atoms with Gasteiger partial charge in [0.15, 0.2) is 0 Å². The maximum absolute atomic E-state index is 12.6. The smallest absolute Gasteiger partial charge is 0.328 e. The Balaban J connectivity index is 2.28. The van der Waals surface area contributed by atoms with E-state index in [4.69, 9.17) is 9.84 Å². The molecule has 6 heteroatoms. The van der Waals surface area contributed by atoms with Crippen molar-refractivity contribution in [3.05, 3.63) is 35.7 Å². The summed E-state index contributed by atoms with van der Waals surface area (Å²) in [5.74, 6) is -1.27. The predicted octanol–water partition coefficient (Wildman–Crippen LogP) is 1.43. The minimum Gasteiger partial charge on any atom is -0.478 e. The fourth-order valence-electron chi connectivity index (χ4n) is 2.21. The Labute approximate surface area is 123 Å². The molecule has 1 aliphatic heterocycles. The summed E-state index contributed by atoms with van der Waals surface area (Å²) in [5.41, 5.74) is 0.757. The van der Waals surface area contributed by atoms with Gasteiger partial charge in [-0.05, 0) is 26.0 Å². The molecule has 1 saturated heterocycles. The van der Waals surface area contributed by atoms with Crippen LogP contribution in [0.4, 0.5) is 0 Å². The fourth-order valence-corrected chi connectivity index (χ4v) is 2.21. The Hall–Kier alpha value is -2.21. The van der Waals surface area contributed by atoms with Gasteiger partial charge in [0.05, 0.1) is 18.8 Å². The van der Waals surface area contributed by atoms with Gasteiger partial charge in [-0.2, -0.15) is 0 Å². The third-order valence-electron chi connectivity index (χ3n) is 3.32. The average Bonchev–Trinajstić information content (AvgIpc) is 2.47. The van der Waals surface area contributed by atoms with Crippen LogP contribution in [0.5, 0.6) is 0 Å². The van der Waals surface area contributed by atoms with Crippen LogP contribution in [-0.4, -0.2) is 52.2 Å². The van der Waals surface area contributed by atoms with Crippen molar-refractivity contribution in [1.82, 2.24) is 9.88 Å². The highest BCUT2D eigenvalue weighted by Gasteiger charge is 2.29. The third-order valence-corrected chi connectivity index (χ3v) is 3.32. The average molecular weight is 290 g/mol. The number of morpholine rings is 1. The maximum atomic E-state index is 12.6. The monoisotopic (exact) mass is 290 g/mol. The molecule has 112 valence electrons. The standard InChI is InChI=1S/C15H18N2O4/c1-10-9-21-11(2)8-17(10)15(20)14-12(4-3-7-16-14)5-6-13(18)19/h3-7,10-11H,8-9H2,1-2H3,(H,18,19)/b6-5+. The van der Waals surface area contributed by atoms with Gasteiger partial charge in [-0.1, -0.05) is 6.07 Å². The molecule has 1 aromatic heterocycles. The number of hydrogen-bond acceptors (Lipinski definition) is 4. The van der Waals surface area contributed by atoms with Crippen molar-refractivity contribution in [2.75, 3.05) is 13.2 Å². The lowest BCUT2D eigenvalue weighted by molar-refractivity contribution is -0.131. The second kappa shape index (κ2) is 6.49. The van der Waals surface area contributed by atoms with Crippen LogP contribution in [0.3, 0.4) is 0 Å². The number of amides is 1. The molecule has 0 radical (unpaired) electrons. The number of ether oxygens (including phenoxy) is 1. The summed E-state index contributed by atoms with van der Waals surface area (Å²) in [4.78, 5) is 29.1. The van der Waals surface area contributed by atoms with E-state index in [1.165, 1.54) is 12.3 Å². The summed E-state index contributed by atoms with van der Waals surface area (Å²) >= 11 is 0. The van der Waals surface area contributed by atoms with Crippen molar-refractivity contribution in [1.29, 1.82) is 0 Å². The van der Waals surface area contributed by atoms with Crippen molar-refractivity contribution >= 4 is 18.0 Å². The lowest BCUT2D eigenvalue weighted by atomic mass is 10.1. The second-order valence-corrected chi connectivity index (χ2v) is 5.06. The number of carbonyl (C=O) groups is 2. The summed E-state index contributed by atoms with van der Waals surface area (Å²) in [7, 11) is 0. The number of nitrogens with zero attached hydrogens (tertiary/aromatic N) is 2. The van der Waals surface area contributed by atoms with Gasteiger partial charge < -0.3 is 14.7 Å². The van der Waals surface area contributed by atoms with E-state index in [0.717, 1.165) is 6.08 Å². The van der Waals surface area contributed by atoms with Crippen LogP contribution in [0.1, 0.15) is 29.9 Å². The van der Waals surface area contributed by atoms with Crippen molar-refractivity contribution in [2.24, 2.45) is 0 Å². The molecule has 1 fully saturated rings. The Morgan fingerprint density at radius 1 is 1.48 bits per heavy atom. The molecule has 2 unspecified atom stereocenters. The molecular formula is C15H18N2O4. The van der Waals surface area contributed by atoms with Crippen LogP contribution >= 0.6 is 0 Å². The third kappa shape index (κ3) is 3.66. The molecule has 1 N–H and O–H groups in total. The largest absolute Gasteiger partial charge is 0.478 e. The maximum Gasteiger partial charge on any atom is 0.328 e. The normalized spacial score (nSPS) is 22.5. The van der Waals surface area contributed by atoms with Gasteiger partial charge in [-0.3, -0.25) is 9.78 Å². The molecule has 1 amide bonds. The van der Waals surface area contributed by atoms with E-state index >= 15 is 0 Å². The fraction of sp³-hybridized carbons (Fsp3) is 0.400. The molecule has 0 aromatic carbocycles. The minimum absolute atomic E-state index is 0.0214. The van der Waals surface area contributed by atoms with Gasteiger partial charge in [0.25, 0.3) is 5.91 Å². The molecule has 1 aliphatic rings. The van der Waals surface area contributed by atoms with Gasteiger partial charge >= 0.3 is 5.97 Å². The predicted molar refractivity (Wildman–Crippen MR) is 76.8 cm³/mol. The molecule has 2 atom stereocenters. The van der Waals surface area contributed by atoms with Gasteiger partial charge in [-0.15, -0.1) is 0 Å². The first-order valence-electron chi connectivity index (χ1n) is 6.77. The number of carbonyl (C=O) groups excluding carboxylic acids is 1. The van der Waals surface area contributed by atoms with Crippen LogP contribution < -0.4 is 0 Å². The summed E-state index contributed by atoms with van der Waals surface area (Å²) in [5, 5.41) is 8.71. The van der Waals surface area contributed by atoms with Crippen LogP contribution in [-0.2, 0) is 9.53 Å². The number of pyridine rings is 1. The van der Waals surface area contributed by atoms with Gasteiger partial charge in [-0.25, -0.2) is 4.79 Å². The molecule has 2 rings (SSSR count). The van der Waals surface area contributed by atoms with E-state index in [2.05, 4.69) is 4.98 Å². The van der Waals surface area contributed by atoms with Crippen molar-refractivity contribution in [3.8, 4) is 0 Å². The number of hydrogen-bond donors (Lipinski definition) is 1. The molecule has 2 heterocycles. The van der Waals surface area contributed by atoms with Crippen LogP contribution in [0, 0.1) is 0 Å². The molecule has 0 bridgehead atoms. The molecule has 0 spiro atoms. The molecule has 21 heavy (non-hydrogen) atoms. The minimum atomic E-state index is -1.06. The van der Waals surface area contributed by atoms with Gasteiger partial charge in [0.1, 0.15) is 5.69 Å². The summed E-state index contributed by atoms with van der Waals surface area (Å²) in [6.45, 7) is 4.81. The Kier molecular flexibility index (Phi) is 4.70. The zero-order valence-corrected chi connectivity index (χ0v) is 12.0. The number of carboxylic acids is 1. The van der Waals surface area contributed by atoms with Crippen molar-refractivity contribution < 1.29 is 19.4 Å². The number of rotatable bonds is 3. The van der Waals surface area contributed by atoms with E-state index in [9.17, 15) is 9.59 Å². The molecule has 0 aliphatic carbocycles. The van der Waals surface area contributed by atoms with Gasteiger partial charge in [0, 0.05) is 24.4 Å². The van der Waals surface area contributed by atoms with E-state index in [0.29, 0.717) is 18.7 Å². The zero-order valence-electron chi connectivity index (χ0n) is 12.0. The molecule has 6 nitrogen and oxygen atoms in total. The van der Waals surface area contributed by atoms with Crippen LogP contribution in [0.2, 0.25) is 0 Å². The first-order chi connectivity index (χ1) is 9.99. The van der Waals surface area contributed by atoms with E-state index in [-0.39, 0.29) is 23.7 Å². The van der Waals surface area contributed by atoms with Crippen molar-refractivity contribution in [2.45, 2.75) is 26.0 Å². The highest BCUT2D eigenvalue weighted by molar-refractivity contribution is 5.97. The Bertz CT molecular complexity index is 571. The Morgan fingerprint density at radius 2 is 2.24 bits per heavy atom. The lowest BCUT2D eigenvalue weighted by Crippen LogP contribution is -2.50. The summed E-state index contributed by atoms with van der Waals surface area (Å²) in [6, 6.07) is 3.31. The van der Waals surface area contributed by atoms with E-state index in [1.54, 1.807) is 17.0 Å². The first kappa shape index (κ1) is 15.2. The number of aliphatic carboxylic acids is 1. The summed E-state index contributed by atoms with van der Waals surface area (Å²) < 4.78 is 5.51. The van der Waals surface area contributed by atoms with E-state index in [1.807, 2.05) is 13.8 Å².